The van der Waals surface area contributed by atoms with Gasteiger partial charge < -0.3 is 20.4 Å². The second-order valence-corrected chi connectivity index (χ2v) is 9.30. The van der Waals surface area contributed by atoms with Gasteiger partial charge in [0.05, 0.1) is 23.8 Å². The van der Waals surface area contributed by atoms with Crippen LogP contribution in [0.15, 0.2) is 48.6 Å². The van der Waals surface area contributed by atoms with Crippen molar-refractivity contribution in [3.8, 4) is 23.6 Å². The predicted molar refractivity (Wildman–Crippen MR) is 141 cm³/mol. The van der Waals surface area contributed by atoms with Gasteiger partial charge in [0.2, 0.25) is 11.8 Å². The van der Waals surface area contributed by atoms with Gasteiger partial charge in [-0.2, -0.15) is 13.2 Å². The van der Waals surface area contributed by atoms with E-state index in [0.29, 0.717) is 13.0 Å². The Balaban J connectivity index is 1.74. The van der Waals surface area contributed by atoms with Crippen LogP contribution in [0.2, 0.25) is 0 Å². The fourth-order valence-corrected chi connectivity index (χ4v) is 4.46. The second-order valence-electron chi connectivity index (χ2n) is 9.30. The van der Waals surface area contributed by atoms with E-state index in [4.69, 9.17) is 11.2 Å². The SMILES string of the molecule is C#CC[C@H](CC(=O)c1ccc(-c2ccccc2C(F)(F)F)[nH]1)C(=O)N[C@H](C=CC(=O)OCC)C[C@@H]1CCNC1=O. The molecule has 40 heavy (non-hydrogen) atoms. The fraction of sp³-hybridized carbons (Fsp3) is 0.379. The van der Waals surface area contributed by atoms with Crippen molar-refractivity contribution in [2.45, 2.75) is 44.8 Å². The van der Waals surface area contributed by atoms with Crippen LogP contribution in [-0.4, -0.2) is 47.7 Å². The maximum Gasteiger partial charge on any atom is 0.417 e. The van der Waals surface area contributed by atoms with Gasteiger partial charge in [-0.05, 0) is 38.0 Å². The summed E-state index contributed by atoms with van der Waals surface area (Å²) in [5.74, 6) is -0.792. The van der Waals surface area contributed by atoms with Crippen molar-refractivity contribution in [2.24, 2.45) is 11.8 Å². The largest absolute Gasteiger partial charge is 0.463 e. The van der Waals surface area contributed by atoms with Crippen LogP contribution in [0.1, 0.15) is 48.7 Å². The minimum absolute atomic E-state index is 0.0307. The van der Waals surface area contributed by atoms with Gasteiger partial charge in [0.25, 0.3) is 0 Å². The molecule has 1 aromatic heterocycles. The van der Waals surface area contributed by atoms with Crippen molar-refractivity contribution in [1.82, 2.24) is 15.6 Å². The molecule has 1 aromatic carbocycles. The van der Waals surface area contributed by atoms with Gasteiger partial charge in [0.1, 0.15) is 0 Å². The lowest BCUT2D eigenvalue weighted by molar-refractivity contribution is -0.138. The minimum atomic E-state index is -4.58. The molecule has 11 heteroatoms. The number of carbonyl (C=O) groups excluding carboxylic acids is 4. The molecule has 212 valence electrons. The molecule has 0 saturated carbocycles. The first-order valence-electron chi connectivity index (χ1n) is 12.8. The lowest BCUT2D eigenvalue weighted by Crippen LogP contribution is -2.40. The van der Waals surface area contributed by atoms with Gasteiger partial charge in [-0.3, -0.25) is 14.4 Å². The monoisotopic (exact) mass is 557 g/mol. The maximum atomic E-state index is 13.4. The number of H-pyrrole nitrogens is 1. The Morgan fingerprint density at radius 2 is 1.98 bits per heavy atom. The molecule has 1 saturated heterocycles. The topological polar surface area (TPSA) is 117 Å². The van der Waals surface area contributed by atoms with Crippen LogP contribution in [0.5, 0.6) is 0 Å². The van der Waals surface area contributed by atoms with Crippen molar-refractivity contribution < 1.29 is 37.1 Å². The van der Waals surface area contributed by atoms with E-state index in [1.807, 2.05) is 0 Å². The summed E-state index contributed by atoms with van der Waals surface area (Å²) in [6.45, 7) is 2.32. The number of aromatic nitrogens is 1. The molecule has 0 unspecified atom stereocenters. The Hall–Kier alpha value is -4.33. The van der Waals surface area contributed by atoms with Crippen molar-refractivity contribution in [1.29, 1.82) is 0 Å². The molecule has 3 atom stereocenters. The first-order valence-corrected chi connectivity index (χ1v) is 12.8. The Morgan fingerprint density at radius 3 is 2.62 bits per heavy atom. The molecule has 2 aromatic rings. The third-order valence-electron chi connectivity index (χ3n) is 6.46. The summed E-state index contributed by atoms with van der Waals surface area (Å²) in [5, 5.41) is 5.48. The summed E-state index contributed by atoms with van der Waals surface area (Å²) in [5.41, 5.74) is -0.825. The number of carbonyl (C=O) groups is 4. The lowest BCUT2D eigenvalue weighted by atomic mass is 9.94. The molecule has 0 aliphatic carbocycles. The molecule has 3 N–H and O–H groups in total. The van der Waals surface area contributed by atoms with Gasteiger partial charge in [-0.1, -0.05) is 24.3 Å². The molecule has 8 nitrogen and oxygen atoms in total. The Labute approximate surface area is 229 Å². The highest BCUT2D eigenvalue weighted by molar-refractivity contribution is 5.98. The van der Waals surface area contributed by atoms with Gasteiger partial charge in [-0.15, -0.1) is 12.3 Å². The number of amides is 2. The molecule has 1 aliphatic heterocycles. The number of rotatable bonds is 12. The number of Topliss-reactive ketones (excluding diaryl/α,β-unsaturated/α-hetero) is 1. The van der Waals surface area contributed by atoms with E-state index in [0.717, 1.165) is 6.07 Å². The summed E-state index contributed by atoms with van der Waals surface area (Å²) in [6, 6.07) is 7.01. The fourth-order valence-electron chi connectivity index (χ4n) is 4.46. The van der Waals surface area contributed by atoms with E-state index in [1.165, 1.54) is 42.5 Å². The number of aromatic amines is 1. The average Bonchev–Trinajstić information content (AvgIpc) is 3.56. The number of hydrogen-bond donors (Lipinski definition) is 3. The van der Waals surface area contributed by atoms with Crippen molar-refractivity contribution in [2.75, 3.05) is 13.2 Å². The third-order valence-corrected chi connectivity index (χ3v) is 6.46. The second kappa shape index (κ2) is 13.6. The number of nitrogens with one attached hydrogen (secondary N) is 3. The Bertz CT molecular complexity index is 1310. The minimum Gasteiger partial charge on any atom is -0.463 e. The number of alkyl halides is 3. The zero-order valence-electron chi connectivity index (χ0n) is 21.8. The van der Waals surface area contributed by atoms with Gasteiger partial charge in [-0.25, -0.2) is 4.79 Å². The average molecular weight is 558 g/mol. The number of benzene rings is 1. The van der Waals surface area contributed by atoms with E-state index < -0.39 is 41.4 Å². The normalized spacial score (nSPS) is 16.7. The first-order chi connectivity index (χ1) is 19.0. The van der Waals surface area contributed by atoms with Crippen LogP contribution in [0.25, 0.3) is 11.3 Å². The van der Waals surface area contributed by atoms with E-state index in [1.54, 1.807) is 6.92 Å². The molecule has 3 rings (SSSR count). The Morgan fingerprint density at radius 1 is 1.23 bits per heavy atom. The highest BCUT2D eigenvalue weighted by Crippen LogP contribution is 2.36. The summed E-state index contributed by atoms with van der Waals surface area (Å²) in [4.78, 5) is 52.8. The van der Waals surface area contributed by atoms with E-state index in [9.17, 15) is 32.3 Å². The summed E-state index contributed by atoms with van der Waals surface area (Å²) in [7, 11) is 0. The molecular formula is C29H30F3N3O5. The molecule has 0 spiro atoms. The number of hydrogen-bond acceptors (Lipinski definition) is 5. The molecule has 1 aliphatic rings. The number of terminal acetylenes is 1. The summed E-state index contributed by atoms with van der Waals surface area (Å²) < 4.78 is 45.2. The van der Waals surface area contributed by atoms with E-state index >= 15 is 0 Å². The van der Waals surface area contributed by atoms with Crippen LogP contribution in [0.4, 0.5) is 13.2 Å². The van der Waals surface area contributed by atoms with Gasteiger partial charge in [0, 0.05) is 48.7 Å². The third kappa shape index (κ3) is 8.09. The smallest absolute Gasteiger partial charge is 0.417 e. The highest BCUT2D eigenvalue weighted by atomic mass is 19.4. The van der Waals surface area contributed by atoms with Crippen LogP contribution in [0.3, 0.4) is 0 Å². The summed E-state index contributed by atoms with van der Waals surface area (Å²) >= 11 is 0. The number of halogens is 3. The predicted octanol–water partition coefficient (Wildman–Crippen LogP) is 4.04. The van der Waals surface area contributed by atoms with Crippen LogP contribution < -0.4 is 10.6 Å². The van der Waals surface area contributed by atoms with E-state index in [-0.39, 0.29) is 54.6 Å². The molecule has 0 radical (unpaired) electrons. The van der Waals surface area contributed by atoms with Gasteiger partial charge in [0.15, 0.2) is 5.78 Å². The molecular weight excluding hydrogens is 527 g/mol. The zero-order valence-corrected chi connectivity index (χ0v) is 21.8. The number of ketones is 1. The van der Waals surface area contributed by atoms with Crippen LogP contribution in [0, 0.1) is 24.2 Å². The highest BCUT2D eigenvalue weighted by Gasteiger charge is 2.34. The number of ether oxygens (including phenoxy) is 1. The molecule has 2 heterocycles. The van der Waals surface area contributed by atoms with Crippen molar-refractivity contribution in [3.05, 3.63) is 59.8 Å². The quantitative estimate of drug-likeness (QED) is 0.158. The Kier molecular flexibility index (Phi) is 10.3. The molecule has 2 amide bonds. The summed E-state index contributed by atoms with van der Waals surface area (Å²) in [6.07, 6.45) is 3.87. The van der Waals surface area contributed by atoms with Crippen LogP contribution >= 0.6 is 0 Å². The van der Waals surface area contributed by atoms with E-state index in [2.05, 4.69) is 21.5 Å². The standard InChI is InChI=1S/C29H30F3N3O5/c1-3-7-18(28(39)34-20(10-13-26(37)40-4-2)16-19-14-15-33-27(19)38)17-25(36)24-12-11-23(35-24)21-8-5-6-9-22(21)29(30,31)32/h1,5-6,8-13,18-20,35H,4,7,14-17H2,2H3,(H,33,38)(H,34,39)/t18-,19+,20-/m1/s1. The number of esters is 1. The maximum absolute atomic E-state index is 13.4. The molecule has 1 fully saturated rings. The lowest BCUT2D eigenvalue weighted by Gasteiger charge is -2.21. The van der Waals surface area contributed by atoms with Crippen molar-refractivity contribution >= 4 is 23.6 Å². The molecule has 0 bridgehead atoms. The zero-order chi connectivity index (χ0) is 29.3. The first kappa shape index (κ1) is 30.2. The van der Waals surface area contributed by atoms with Gasteiger partial charge >= 0.3 is 12.1 Å². The van der Waals surface area contributed by atoms with Crippen molar-refractivity contribution in [3.63, 3.8) is 0 Å². The van der Waals surface area contributed by atoms with Crippen LogP contribution in [-0.2, 0) is 25.3 Å².